The first-order valence-electron chi connectivity index (χ1n) is 11.0. The van der Waals surface area contributed by atoms with Crippen LogP contribution in [0.4, 0.5) is 0 Å². The molecule has 0 aromatic carbocycles. The Morgan fingerprint density at radius 1 is 0.600 bits per heavy atom. The molecule has 0 spiro atoms. The molecule has 0 heterocycles. The van der Waals surface area contributed by atoms with Crippen molar-refractivity contribution in [3.05, 3.63) is 50.6 Å². The van der Waals surface area contributed by atoms with Crippen LogP contribution in [0.2, 0.25) is 0 Å². The summed E-state index contributed by atoms with van der Waals surface area (Å²) < 4.78 is 0. The summed E-state index contributed by atoms with van der Waals surface area (Å²) in [5.41, 5.74) is 0. The second kappa shape index (κ2) is 20.1. The molecule has 0 fully saturated rings. The van der Waals surface area contributed by atoms with Crippen molar-refractivity contribution in [3.63, 3.8) is 0 Å². The van der Waals surface area contributed by atoms with E-state index in [1.165, 1.54) is 0 Å². The van der Waals surface area contributed by atoms with Crippen LogP contribution in [-0.2, 0) is 9.59 Å². The van der Waals surface area contributed by atoms with Crippen molar-refractivity contribution in [1.82, 2.24) is 20.4 Å². The van der Waals surface area contributed by atoms with Crippen LogP contribution in [0.25, 0.3) is 0 Å². The fraction of sp³-hybridized carbons (Fsp3) is 0.583. The maximum absolute atomic E-state index is 11.9. The second-order valence-electron chi connectivity index (χ2n) is 7.29. The molecule has 30 heavy (non-hydrogen) atoms. The summed E-state index contributed by atoms with van der Waals surface area (Å²) >= 11 is 0. The summed E-state index contributed by atoms with van der Waals surface area (Å²) in [7, 11) is 0. The van der Waals surface area contributed by atoms with Crippen molar-refractivity contribution >= 4 is 11.8 Å². The molecule has 0 rings (SSSR count). The van der Waals surface area contributed by atoms with Crippen molar-refractivity contribution in [3.8, 4) is 0 Å². The van der Waals surface area contributed by atoms with Gasteiger partial charge in [0.1, 0.15) is 0 Å². The van der Waals surface area contributed by atoms with Crippen molar-refractivity contribution in [2.24, 2.45) is 0 Å². The molecule has 0 aromatic rings. The van der Waals surface area contributed by atoms with E-state index in [2.05, 4.69) is 46.7 Å². The largest absolute Gasteiger partial charge is 0.356 e. The lowest BCUT2D eigenvalue weighted by atomic mass is 10.2. The second-order valence-corrected chi connectivity index (χ2v) is 7.29. The maximum atomic E-state index is 11.9. The highest BCUT2D eigenvalue weighted by Crippen LogP contribution is 1.99. The third kappa shape index (κ3) is 16.7. The SMILES string of the molecule is C=CCN(CC=C)CCC(=O)NCCCCCCNC(=O)CCN(CC=C)CC=C. The highest BCUT2D eigenvalue weighted by Gasteiger charge is 2.06. The number of nitrogens with one attached hydrogen (secondary N) is 2. The number of carbonyl (C=O) groups is 2. The zero-order chi connectivity index (χ0) is 22.5. The Morgan fingerprint density at radius 2 is 0.933 bits per heavy atom. The standard InChI is InChI=1S/C24H42N4O2/c1-5-17-27(18-6-2)21-13-23(29)25-15-11-9-10-12-16-26-24(30)14-22-28(19-7-3)20-8-4/h5-8H,1-4,9-22H2,(H,25,29)(H,26,30). The van der Waals surface area contributed by atoms with Crippen LogP contribution in [0.15, 0.2) is 50.6 Å². The quantitative estimate of drug-likeness (QED) is 0.222. The van der Waals surface area contributed by atoms with Crippen molar-refractivity contribution < 1.29 is 9.59 Å². The van der Waals surface area contributed by atoms with Gasteiger partial charge in [0, 0.05) is 65.2 Å². The molecule has 0 aliphatic rings. The van der Waals surface area contributed by atoms with Gasteiger partial charge in [-0.3, -0.25) is 19.4 Å². The Hall–Kier alpha value is -2.18. The van der Waals surface area contributed by atoms with Gasteiger partial charge in [0.05, 0.1) is 0 Å². The average molecular weight is 419 g/mol. The molecule has 0 saturated heterocycles. The molecule has 170 valence electrons. The van der Waals surface area contributed by atoms with Crippen molar-refractivity contribution in [2.45, 2.75) is 38.5 Å². The van der Waals surface area contributed by atoms with E-state index < -0.39 is 0 Å². The van der Waals surface area contributed by atoms with Gasteiger partial charge in [-0.2, -0.15) is 0 Å². The molecule has 0 bridgehead atoms. The Labute approximate surface area is 183 Å². The van der Waals surface area contributed by atoms with Crippen LogP contribution in [0.3, 0.4) is 0 Å². The van der Waals surface area contributed by atoms with E-state index in [0.29, 0.717) is 39.0 Å². The monoisotopic (exact) mass is 418 g/mol. The van der Waals surface area contributed by atoms with Gasteiger partial charge < -0.3 is 10.6 Å². The van der Waals surface area contributed by atoms with E-state index in [9.17, 15) is 9.59 Å². The molecule has 0 atom stereocenters. The molecule has 0 aromatic heterocycles. The van der Waals surface area contributed by atoms with Crippen LogP contribution in [-0.4, -0.2) is 74.0 Å². The van der Waals surface area contributed by atoms with Crippen LogP contribution in [0.5, 0.6) is 0 Å². The smallest absolute Gasteiger partial charge is 0.221 e. The number of hydrogen-bond acceptors (Lipinski definition) is 4. The third-order valence-corrected chi connectivity index (χ3v) is 4.61. The van der Waals surface area contributed by atoms with Gasteiger partial charge >= 0.3 is 0 Å². The van der Waals surface area contributed by atoms with Gasteiger partial charge in [0.2, 0.25) is 11.8 Å². The van der Waals surface area contributed by atoms with Gasteiger partial charge in [0.15, 0.2) is 0 Å². The summed E-state index contributed by atoms with van der Waals surface area (Å²) in [5, 5.41) is 5.95. The number of hydrogen-bond donors (Lipinski definition) is 2. The number of rotatable bonds is 21. The highest BCUT2D eigenvalue weighted by molar-refractivity contribution is 5.76. The third-order valence-electron chi connectivity index (χ3n) is 4.61. The van der Waals surface area contributed by atoms with E-state index in [4.69, 9.17) is 0 Å². The predicted molar refractivity (Wildman–Crippen MR) is 127 cm³/mol. The highest BCUT2D eigenvalue weighted by atomic mass is 16.2. The molecule has 0 unspecified atom stereocenters. The minimum atomic E-state index is 0.0855. The summed E-state index contributed by atoms with van der Waals surface area (Å²) in [6, 6.07) is 0. The summed E-state index contributed by atoms with van der Waals surface area (Å²) in [5.74, 6) is 0.171. The first-order valence-corrected chi connectivity index (χ1v) is 11.0. The van der Waals surface area contributed by atoms with E-state index in [-0.39, 0.29) is 11.8 Å². The Balaban J connectivity index is 3.64. The molecule has 6 nitrogen and oxygen atoms in total. The fourth-order valence-electron chi connectivity index (χ4n) is 3.00. The number of unbranched alkanes of at least 4 members (excludes halogenated alkanes) is 3. The molecule has 2 amide bonds. The zero-order valence-electron chi connectivity index (χ0n) is 18.7. The van der Waals surface area contributed by atoms with Gasteiger partial charge in [-0.25, -0.2) is 0 Å². The maximum Gasteiger partial charge on any atom is 0.221 e. The minimum absolute atomic E-state index is 0.0855. The van der Waals surface area contributed by atoms with Crippen LogP contribution in [0.1, 0.15) is 38.5 Å². The molecule has 0 aliphatic heterocycles. The van der Waals surface area contributed by atoms with Gasteiger partial charge in [-0.1, -0.05) is 37.1 Å². The molecule has 0 aliphatic carbocycles. The predicted octanol–water partition coefficient (Wildman–Crippen LogP) is 2.91. The molecule has 0 saturated carbocycles. The van der Waals surface area contributed by atoms with E-state index in [0.717, 1.165) is 51.9 Å². The normalized spacial score (nSPS) is 10.6. The summed E-state index contributed by atoms with van der Waals surface area (Å²) in [6.07, 6.45) is 12.3. The lowest BCUT2D eigenvalue weighted by Crippen LogP contribution is -2.32. The van der Waals surface area contributed by atoms with Crippen molar-refractivity contribution in [1.29, 1.82) is 0 Å². The Bertz CT molecular complexity index is 453. The van der Waals surface area contributed by atoms with Gasteiger partial charge in [-0.15, -0.1) is 26.3 Å². The van der Waals surface area contributed by atoms with Crippen LogP contribution in [0, 0.1) is 0 Å². The average Bonchev–Trinajstić information content (AvgIpc) is 2.72. The number of carbonyl (C=O) groups excluding carboxylic acids is 2. The number of nitrogens with zero attached hydrogens (tertiary/aromatic N) is 2. The summed E-state index contributed by atoms with van der Waals surface area (Å²) in [6.45, 7) is 20.8. The Kier molecular flexibility index (Phi) is 18.6. The van der Waals surface area contributed by atoms with Crippen LogP contribution >= 0.6 is 0 Å². The first kappa shape index (κ1) is 27.8. The number of amides is 2. The fourth-order valence-corrected chi connectivity index (χ4v) is 3.00. The van der Waals surface area contributed by atoms with E-state index in [1.807, 2.05) is 24.3 Å². The molecule has 6 heteroatoms. The molecule has 2 N–H and O–H groups in total. The van der Waals surface area contributed by atoms with Gasteiger partial charge in [-0.05, 0) is 12.8 Å². The molecular weight excluding hydrogens is 376 g/mol. The molecular formula is C24H42N4O2. The van der Waals surface area contributed by atoms with E-state index in [1.54, 1.807) is 0 Å². The zero-order valence-corrected chi connectivity index (χ0v) is 18.7. The van der Waals surface area contributed by atoms with Gasteiger partial charge in [0.25, 0.3) is 0 Å². The summed E-state index contributed by atoms with van der Waals surface area (Å²) in [4.78, 5) is 28.1. The lowest BCUT2D eigenvalue weighted by Gasteiger charge is -2.18. The minimum Gasteiger partial charge on any atom is -0.356 e. The van der Waals surface area contributed by atoms with Crippen LogP contribution < -0.4 is 10.6 Å². The first-order chi connectivity index (χ1) is 14.6. The van der Waals surface area contributed by atoms with E-state index >= 15 is 0 Å². The topological polar surface area (TPSA) is 64.7 Å². The lowest BCUT2D eigenvalue weighted by molar-refractivity contribution is -0.122. The molecule has 0 radical (unpaired) electrons. The van der Waals surface area contributed by atoms with Crippen molar-refractivity contribution in [2.75, 3.05) is 52.4 Å². The Morgan fingerprint density at radius 3 is 1.23 bits per heavy atom.